The normalized spacial score (nSPS) is 12.3. The Hall–Kier alpha value is -3.04. The van der Waals surface area contributed by atoms with Crippen LogP contribution in [-0.2, 0) is 0 Å². The zero-order valence-electron chi connectivity index (χ0n) is 20.0. The summed E-state index contributed by atoms with van der Waals surface area (Å²) < 4.78 is 1.81. The van der Waals surface area contributed by atoms with Gasteiger partial charge in [-0.3, -0.25) is 14.0 Å². The molecular weight excluding hydrogens is 466 g/mol. The fraction of sp³-hybridized carbons (Fsp3) is 0.360. The van der Waals surface area contributed by atoms with E-state index in [4.69, 9.17) is 0 Å². The number of thiazole rings is 2. The highest BCUT2D eigenvalue weighted by Crippen LogP contribution is 2.31. The molecule has 3 aromatic heterocycles. The topological polar surface area (TPSA) is 79.6 Å². The molecule has 0 spiro atoms. The van der Waals surface area contributed by atoms with Gasteiger partial charge in [0.2, 0.25) is 0 Å². The van der Waals surface area contributed by atoms with Crippen LogP contribution in [0.1, 0.15) is 51.9 Å². The maximum absolute atomic E-state index is 13.6. The number of carbonyl (C=O) groups is 2. The van der Waals surface area contributed by atoms with Crippen LogP contribution in [-0.4, -0.2) is 50.7 Å². The van der Waals surface area contributed by atoms with Crippen molar-refractivity contribution in [1.29, 1.82) is 0 Å². The number of carbonyl (C=O) groups excluding carboxylic acids is 2. The first-order chi connectivity index (χ1) is 16.3. The highest BCUT2D eigenvalue weighted by molar-refractivity contribution is 7.15. The molecule has 0 bridgehead atoms. The number of likely N-dealkylation sites (N-methyl/N-ethyl adjacent to an activating group) is 1. The minimum absolute atomic E-state index is 0.135. The van der Waals surface area contributed by atoms with Crippen LogP contribution in [0, 0.1) is 19.8 Å². The number of benzene rings is 1. The summed E-state index contributed by atoms with van der Waals surface area (Å²) in [5.41, 5.74) is 2.67. The third kappa shape index (κ3) is 4.90. The maximum Gasteiger partial charge on any atom is 0.274 e. The van der Waals surface area contributed by atoms with Crippen molar-refractivity contribution in [1.82, 2.24) is 24.6 Å². The molecule has 4 rings (SSSR count). The highest BCUT2D eigenvalue weighted by atomic mass is 32.1. The van der Waals surface area contributed by atoms with E-state index in [9.17, 15) is 9.59 Å². The van der Waals surface area contributed by atoms with E-state index in [0.717, 1.165) is 26.8 Å². The first kappa shape index (κ1) is 24.1. The number of aromatic nitrogens is 3. The predicted octanol–water partition coefficient (Wildman–Crippen LogP) is 5.05. The molecule has 178 valence electrons. The third-order valence-electron chi connectivity index (χ3n) is 5.73. The summed E-state index contributed by atoms with van der Waals surface area (Å²) in [4.78, 5) is 39.1. The van der Waals surface area contributed by atoms with Crippen LogP contribution in [0.25, 0.3) is 15.4 Å². The second-order valence-electron chi connectivity index (χ2n) is 8.79. The molecule has 0 aliphatic heterocycles. The number of fused-ring (bicyclic) bond motifs is 1. The van der Waals surface area contributed by atoms with Crippen LogP contribution in [0.15, 0.2) is 41.9 Å². The van der Waals surface area contributed by atoms with Crippen LogP contribution >= 0.6 is 22.7 Å². The van der Waals surface area contributed by atoms with Crippen LogP contribution in [0.4, 0.5) is 0 Å². The lowest BCUT2D eigenvalue weighted by molar-refractivity contribution is 0.0695. The molecule has 1 atom stereocenters. The van der Waals surface area contributed by atoms with E-state index in [0.29, 0.717) is 29.5 Å². The van der Waals surface area contributed by atoms with Crippen LogP contribution < -0.4 is 5.32 Å². The largest absolute Gasteiger partial charge is 0.349 e. The average molecular weight is 496 g/mol. The Morgan fingerprint density at radius 1 is 1.15 bits per heavy atom. The van der Waals surface area contributed by atoms with Gasteiger partial charge in [-0.15, -0.1) is 22.7 Å². The van der Waals surface area contributed by atoms with E-state index in [2.05, 4.69) is 29.1 Å². The number of imidazole rings is 1. The molecule has 0 aliphatic carbocycles. The molecule has 0 unspecified atom stereocenters. The number of nitrogens with zero attached hydrogens (tertiary/aromatic N) is 4. The summed E-state index contributed by atoms with van der Waals surface area (Å²) in [6.45, 7) is 8.33. The minimum atomic E-state index is -0.188. The van der Waals surface area contributed by atoms with Crippen molar-refractivity contribution >= 4 is 39.4 Å². The van der Waals surface area contributed by atoms with Gasteiger partial charge in [0.1, 0.15) is 11.4 Å². The van der Waals surface area contributed by atoms with E-state index in [1.807, 2.05) is 60.2 Å². The van der Waals surface area contributed by atoms with Gasteiger partial charge >= 0.3 is 0 Å². The molecule has 0 aliphatic rings. The SMILES string of the molecule is Cc1nc(C(=O)N(C)[C@H](CNC(=O)c2c(C)nc3sccn23)CC(C)C)c(-c2ccccc2)s1. The second kappa shape index (κ2) is 10.1. The smallest absolute Gasteiger partial charge is 0.274 e. The van der Waals surface area contributed by atoms with Crippen molar-refractivity contribution in [3.63, 3.8) is 0 Å². The van der Waals surface area contributed by atoms with Crippen molar-refractivity contribution < 1.29 is 9.59 Å². The summed E-state index contributed by atoms with van der Waals surface area (Å²) in [6, 6.07) is 9.69. The summed E-state index contributed by atoms with van der Waals surface area (Å²) in [5.74, 6) is 0.0274. The zero-order valence-corrected chi connectivity index (χ0v) is 21.7. The Morgan fingerprint density at radius 2 is 1.88 bits per heavy atom. The quantitative estimate of drug-likeness (QED) is 0.371. The van der Waals surface area contributed by atoms with Crippen molar-refractivity contribution in [3.8, 4) is 10.4 Å². The lowest BCUT2D eigenvalue weighted by atomic mass is 10.0. The van der Waals surface area contributed by atoms with Gasteiger partial charge in [0.05, 0.1) is 15.6 Å². The maximum atomic E-state index is 13.6. The molecule has 1 N–H and O–H groups in total. The fourth-order valence-corrected chi connectivity index (χ4v) is 5.75. The number of rotatable bonds is 8. The Labute approximate surface area is 207 Å². The van der Waals surface area contributed by atoms with E-state index in [-0.39, 0.29) is 17.9 Å². The van der Waals surface area contributed by atoms with Gasteiger partial charge < -0.3 is 10.2 Å². The molecule has 0 saturated carbocycles. The van der Waals surface area contributed by atoms with Crippen LogP contribution in [0.5, 0.6) is 0 Å². The minimum Gasteiger partial charge on any atom is -0.349 e. The predicted molar refractivity (Wildman–Crippen MR) is 138 cm³/mol. The van der Waals surface area contributed by atoms with E-state index >= 15 is 0 Å². The van der Waals surface area contributed by atoms with Gasteiger partial charge in [-0.25, -0.2) is 9.97 Å². The molecule has 34 heavy (non-hydrogen) atoms. The molecule has 1 aromatic carbocycles. The lowest BCUT2D eigenvalue weighted by Crippen LogP contribution is -2.46. The molecule has 7 nitrogen and oxygen atoms in total. The second-order valence-corrected chi connectivity index (χ2v) is 10.9. The number of hydrogen-bond donors (Lipinski definition) is 1. The number of nitrogens with one attached hydrogen (secondary N) is 1. The number of amides is 2. The lowest BCUT2D eigenvalue weighted by Gasteiger charge is -2.29. The monoisotopic (exact) mass is 495 g/mol. The van der Waals surface area contributed by atoms with Crippen molar-refractivity contribution in [2.75, 3.05) is 13.6 Å². The van der Waals surface area contributed by atoms with Crippen LogP contribution in [0.2, 0.25) is 0 Å². The van der Waals surface area contributed by atoms with Gasteiger partial charge in [-0.05, 0) is 31.7 Å². The van der Waals surface area contributed by atoms with Crippen LogP contribution in [0.3, 0.4) is 0 Å². The molecule has 0 fully saturated rings. The van der Waals surface area contributed by atoms with Crippen molar-refractivity contribution in [3.05, 3.63) is 64.0 Å². The summed E-state index contributed by atoms with van der Waals surface area (Å²) in [7, 11) is 1.80. The Balaban J connectivity index is 1.55. The summed E-state index contributed by atoms with van der Waals surface area (Å²) in [6.07, 6.45) is 2.61. The van der Waals surface area contributed by atoms with Gasteiger partial charge in [0.15, 0.2) is 4.96 Å². The highest BCUT2D eigenvalue weighted by Gasteiger charge is 2.28. The Bertz CT molecular complexity index is 1310. The first-order valence-electron chi connectivity index (χ1n) is 11.3. The van der Waals surface area contributed by atoms with E-state index in [1.165, 1.54) is 22.7 Å². The Kier molecular flexibility index (Phi) is 7.13. The van der Waals surface area contributed by atoms with E-state index in [1.54, 1.807) is 11.9 Å². The molecule has 0 radical (unpaired) electrons. The molecule has 3 heterocycles. The zero-order chi connectivity index (χ0) is 24.4. The average Bonchev–Trinajstić information content (AvgIpc) is 3.49. The fourth-order valence-electron chi connectivity index (χ4n) is 4.07. The standard InChI is InChI=1S/C25H29N5O2S2/c1-15(2)13-19(14-26-23(31)21-16(3)27-25-30(21)11-12-33-25)29(5)24(32)20-22(34-17(4)28-20)18-9-7-6-8-10-18/h6-12,15,19H,13-14H2,1-5H3,(H,26,31)/t19-/m0/s1. The summed E-state index contributed by atoms with van der Waals surface area (Å²) in [5, 5.41) is 5.80. The number of aryl methyl sites for hydroxylation is 2. The molecule has 0 saturated heterocycles. The third-order valence-corrected chi connectivity index (χ3v) is 7.51. The molecule has 9 heteroatoms. The van der Waals surface area contributed by atoms with Crippen molar-refractivity contribution in [2.24, 2.45) is 5.92 Å². The first-order valence-corrected chi connectivity index (χ1v) is 13.0. The van der Waals surface area contributed by atoms with Gasteiger partial charge in [-0.2, -0.15) is 0 Å². The number of hydrogen-bond acceptors (Lipinski definition) is 6. The molecular formula is C25H29N5O2S2. The molecule has 2 amide bonds. The molecule has 4 aromatic rings. The van der Waals surface area contributed by atoms with Crippen molar-refractivity contribution in [2.45, 2.75) is 40.2 Å². The van der Waals surface area contributed by atoms with Gasteiger partial charge in [0.25, 0.3) is 11.8 Å². The summed E-state index contributed by atoms with van der Waals surface area (Å²) >= 11 is 3.02. The van der Waals surface area contributed by atoms with Gasteiger partial charge in [0, 0.05) is 31.2 Å². The van der Waals surface area contributed by atoms with Gasteiger partial charge in [-0.1, -0.05) is 44.2 Å². The Morgan fingerprint density at radius 3 is 2.59 bits per heavy atom. The van der Waals surface area contributed by atoms with E-state index < -0.39 is 0 Å².